The summed E-state index contributed by atoms with van der Waals surface area (Å²) in [5.41, 5.74) is 2.14. The van der Waals surface area contributed by atoms with Crippen molar-refractivity contribution in [3.63, 3.8) is 0 Å². The van der Waals surface area contributed by atoms with Crippen LogP contribution in [0.3, 0.4) is 0 Å². The topological polar surface area (TPSA) is 67.4 Å². The van der Waals surface area contributed by atoms with Crippen LogP contribution in [-0.4, -0.2) is 23.6 Å². The van der Waals surface area contributed by atoms with Crippen molar-refractivity contribution >= 4 is 57.1 Å². The fourth-order valence-corrected chi connectivity index (χ4v) is 5.80. The maximum Gasteiger partial charge on any atom is 0.341 e. The fourth-order valence-electron chi connectivity index (χ4n) is 4.00. The summed E-state index contributed by atoms with van der Waals surface area (Å²) in [6.45, 7) is 8.92. The molecule has 0 spiro atoms. The van der Waals surface area contributed by atoms with Crippen molar-refractivity contribution < 1.29 is 14.3 Å². The van der Waals surface area contributed by atoms with Crippen molar-refractivity contribution in [2.45, 2.75) is 53.4 Å². The molecule has 2 N–H and O–H groups in total. The lowest BCUT2D eigenvalue weighted by molar-refractivity contribution is 0.0526. The van der Waals surface area contributed by atoms with Gasteiger partial charge in [-0.15, -0.1) is 11.3 Å². The van der Waals surface area contributed by atoms with Gasteiger partial charge in [-0.25, -0.2) is 4.79 Å². The van der Waals surface area contributed by atoms with Gasteiger partial charge in [-0.3, -0.25) is 10.1 Å². The summed E-state index contributed by atoms with van der Waals surface area (Å²) in [5.74, 6) is -0.216. The van der Waals surface area contributed by atoms with Crippen molar-refractivity contribution in [3.8, 4) is 0 Å². The Bertz CT molecular complexity index is 1030. The summed E-state index contributed by atoms with van der Waals surface area (Å²) in [6.07, 6.45) is 3.89. The molecule has 0 bridgehead atoms. The van der Waals surface area contributed by atoms with Crippen molar-refractivity contribution in [3.05, 3.63) is 50.9 Å². The SMILES string of the molecule is CCOC(=O)c1c(NC(=S)NC(=O)c2ccccc2Cl)sc2c1CC[C@@H](C(C)(C)CC)C2. The van der Waals surface area contributed by atoms with Crippen molar-refractivity contribution in [1.82, 2.24) is 5.32 Å². The van der Waals surface area contributed by atoms with E-state index in [9.17, 15) is 9.59 Å². The second kappa shape index (κ2) is 10.3. The van der Waals surface area contributed by atoms with E-state index >= 15 is 0 Å². The van der Waals surface area contributed by atoms with Crippen molar-refractivity contribution in [2.75, 3.05) is 11.9 Å². The molecule has 8 heteroatoms. The Kier molecular flexibility index (Phi) is 7.96. The van der Waals surface area contributed by atoms with Crippen LogP contribution in [0.15, 0.2) is 24.3 Å². The number of halogens is 1. The zero-order valence-corrected chi connectivity index (χ0v) is 21.2. The second-order valence-electron chi connectivity index (χ2n) is 8.60. The van der Waals surface area contributed by atoms with E-state index in [0.717, 1.165) is 31.2 Å². The van der Waals surface area contributed by atoms with Crippen LogP contribution in [0, 0.1) is 11.3 Å². The number of benzene rings is 1. The van der Waals surface area contributed by atoms with Gasteiger partial charge in [-0.05, 0) is 67.4 Å². The molecular weight excluding hydrogens is 464 g/mol. The number of esters is 1. The molecule has 5 nitrogen and oxygen atoms in total. The molecule has 1 amide bonds. The average Bonchev–Trinajstić information content (AvgIpc) is 3.10. The van der Waals surface area contributed by atoms with Gasteiger partial charge in [0.15, 0.2) is 5.11 Å². The third kappa shape index (κ3) is 5.33. The van der Waals surface area contributed by atoms with Crippen LogP contribution in [0.25, 0.3) is 0 Å². The Labute approximate surface area is 203 Å². The van der Waals surface area contributed by atoms with E-state index < -0.39 is 5.91 Å². The van der Waals surface area contributed by atoms with E-state index in [1.807, 2.05) is 0 Å². The summed E-state index contributed by atoms with van der Waals surface area (Å²) < 4.78 is 5.34. The minimum absolute atomic E-state index is 0.115. The zero-order valence-electron chi connectivity index (χ0n) is 18.8. The number of ether oxygens (including phenoxy) is 1. The minimum Gasteiger partial charge on any atom is -0.462 e. The third-order valence-corrected chi connectivity index (χ3v) is 8.04. The molecule has 0 radical (unpaired) electrons. The molecule has 1 aliphatic carbocycles. The molecule has 172 valence electrons. The van der Waals surface area contributed by atoms with Crippen LogP contribution in [0.1, 0.15) is 71.7 Å². The molecule has 0 unspecified atom stereocenters. The summed E-state index contributed by atoms with van der Waals surface area (Å²) in [6, 6.07) is 6.76. The number of carbonyl (C=O) groups excluding carboxylic acids is 2. The Morgan fingerprint density at radius 3 is 2.66 bits per heavy atom. The van der Waals surface area contributed by atoms with E-state index in [4.69, 9.17) is 28.6 Å². The van der Waals surface area contributed by atoms with Crippen LogP contribution in [-0.2, 0) is 17.6 Å². The lowest BCUT2D eigenvalue weighted by Crippen LogP contribution is -2.34. The molecule has 1 aliphatic rings. The standard InChI is InChI=1S/C24H29ClN2O3S2/c1-5-24(3,4)14-11-12-16-18(13-14)32-21(19(16)22(29)30-6-2)27-23(31)26-20(28)15-9-7-8-10-17(15)25/h7-10,14H,5-6,11-13H2,1-4H3,(H2,26,27,28,31)/t14-/m1/s1. The van der Waals surface area contributed by atoms with Gasteiger partial charge in [0.1, 0.15) is 5.00 Å². The number of fused-ring (bicyclic) bond motifs is 1. The van der Waals surface area contributed by atoms with Gasteiger partial charge in [0.2, 0.25) is 0 Å². The molecule has 1 aromatic carbocycles. The maximum absolute atomic E-state index is 12.8. The quantitative estimate of drug-likeness (QED) is 0.368. The number of amides is 1. The second-order valence-corrected chi connectivity index (χ2v) is 10.5. The van der Waals surface area contributed by atoms with E-state index in [-0.39, 0.29) is 16.5 Å². The normalized spacial score (nSPS) is 15.6. The highest BCUT2D eigenvalue weighted by Crippen LogP contribution is 2.45. The number of hydrogen-bond donors (Lipinski definition) is 2. The van der Waals surface area contributed by atoms with Gasteiger partial charge in [-0.2, -0.15) is 0 Å². The average molecular weight is 493 g/mol. The van der Waals surface area contributed by atoms with Gasteiger partial charge in [-0.1, -0.05) is 50.9 Å². The molecule has 1 heterocycles. The molecule has 0 aliphatic heterocycles. The largest absolute Gasteiger partial charge is 0.462 e. The number of nitrogens with one attached hydrogen (secondary N) is 2. The maximum atomic E-state index is 12.8. The Balaban J connectivity index is 1.84. The van der Waals surface area contributed by atoms with E-state index in [0.29, 0.717) is 33.7 Å². The van der Waals surface area contributed by atoms with Gasteiger partial charge in [0.05, 0.1) is 22.8 Å². The molecule has 0 saturated carbocycles. The molecular formula is C24H29ClN2O3S2. The molecule has 32 heavy (non-hydrogen) atoms. The van der Waals surface area contributed by atoms with Crippen LogP contribution >= 0.6 is 35.2 Å². The third-order valence-electron chi connectivity index (χ3n) is 6.33. The van der Waals surface area contributed by atoms with Crippen molar-refractivity contribution in [2.24, 2.45) is 11.3 Å². The number of hydrogen-bond acceptors (Lipinski definition) is 5. The molecule has 0 saturated heterocycles. The predicted octanol–water partition coefficient (Wildman–Crippen LogP) is 6.25. The van der Waals surface area contributed by atoms with E-state index in [1.165, 1.54) is 16.2 Å². The fraction of sp³-hybridized carbons (Fsp3) is 0.458. The summed E-state index contributed by atoms with van der Waals surface area (Å²) >= 11 is 13.0. The number of anilines is 1. The van der Waals surface area contributed by atoms with E-state index in [2.05, 4.69) is 31.4 Å². The Morgan fingerprint density at radius 2 is 2.00 bits per heavy atom. The van der Waals surface area contributed by atoms with Crippen LogP contribution in [0.2, 0.25) is 5.02 Å². The van der Waals surface area contributed by atoms with Crippen LogP contribution in [0.5, 0.6) is 0 Å². The Hall–Kier alpha value is -1.96. The van der Waals surface area contributed by atoms with Gasteiger partial charge < -0.3 is 10.1 Å². The number of thiophene rings is 1. The first-order valence-electron chi connectivity index (χ1n) is 10.9. The molecule has 0 fully saturated rings. The first-order valence-corrected chi connectivity index (χ1v) is 12.5. The lowest BCUT2D eigenvalue weighted by Gasteiger charge is -2.36. The molecule has 2 aromatic rings. The summed E-state index contributed by atoms with van der Waals surface area (Å²) in [5, 5.41) is 6.80. The molecule has 1 aromatic heterocycles. The highest BCUT2D eigenvalue weighted by atomic mass is 35.5. The van der Waals surface area contributed by atoms with E-state index in [1.54, 1.807) is 31.2 Å². The lowest BCUT2D eigenvalue weighted by atomic mass is 9.69. The monoisotopic (exact) mass is 492 g/mol. The highest BCUT2D eigenvalue weighted by molar-refractivity contribution is 7.80. The van der Waals surface area contributed by atoms with Crippen LogP contribution in [0.4, 0.5) is 5.00 Å². The first-order chi connectivity index (χ1) is 15.2. The summed E-state index contributed by atoms with van der Waals surface area (Å²) in [7, 11) is 0. The highest BCUT2D eigenvalue weighted by Gasteiger charge is 2.35. The van der Waals surface area contributed by atoms with Gasteiger partial charge in [0.25, 0.3) is 5.91 Å². The summed E-state index contributed by atoms with van der Waals surface area (Å²) in [4.78, 5) is 26.5. The smallest absolute Gasteiger partial charge is 0.341 e. The predicted molar refractivity (Wildman–Crippen MR) is 135 cm³/mol. The minimum atomic E-state index is -0.406. The molecule has 3 rings (SSSR count). The van der Waals surface area contributed by atoms with Crippen LogP contribution < -0.4 is 10.6 Å². The number of rotatable bonds is 6. The Morgan fingerprint density at radius 1 is 1.28 bits per heavy atom. The van der Waals surface area contributed by atoms with Crippen molar-refractivity contribution in [1.29, 1.82) is 0 Å². The number of thiocarbonyl (C=S) groups is 1. The zero-order chi connectivity index (χ0) is 23.5. The number of carbonyl (C=O) groups is 2. The van der Waals surface area contributed by atoms with Gasteiger partial charge >= 0.3 is 5.97 Å². The van der Waals surface area contributed by atoms with Gasteiger partial charge in [0, 0.05) is 4.88 Å². The first kappa shape index (κ1) is 24.7. The molecule has 1 atom stereocenters.